The van der Waals surface area contributed by atoms with Crippen LogP contribution in [0.1, 0.15) is 35.8 Å². The average molecular weight is 321 g/mol. The minimum absolute atomic E-state index is 0.0539. The second-order valence-corrected chi connectivity index (χ2v) is 5.96. The molecule has 3 nitrogen and oxygen atoms in total. The van der Waals surface area contributed by atoms with Gasteiger partial charge in [0.25, 0.3) is 0 Å². The molecule has 6 heteroatoms. The van der Waals surface area contributed by atoms with Crippen molar-refractivity contribution in [3.05, 3.63) is 47.2 Å². The summed E-state index contributed by atoms with van der Waals surface area (Å²) in [5, 5.41) is 0. The lowest BCUT2D eigenvalue weighted by Gasteiger charge is -2.28. The van der Waals surface area contributed by atoms with Crippen molar-refractivity contribution < 1.29 is 22.4 Å². The highest BCUT2D eigenvalue weighted by molar-refractivity contribution is 5.79. The van der Waals surface area contributed by atoms with Crippen LogP contribution in [0.25, 0.3) is 11.3 Å². The van der Waals surface area contributed by atoms with E-state index in [0.29, 0.717) is 30.7 Å². The van der Waals surface area contributed by atoms with Gasteiger partial charge in [-0.3, -0.25) is 4.79 Å². The van der Waals surface area contributed by atoms with Gasteiger partial charge < -0.3 is 9.32 Å². The lowest BCUT2D eigenvalue weighted by Crippen LogP contribution is -2.33. The number of carbonyl (C=O) groups is 1. The van der Waals surface area contributed by atoms with Gasteiger partial charge in [0.15, 0.2) is 0 Å². The van der Waals surface area contributed by atoms with Gasteiger partial charge >= 0.3 is 6.18 Å². The first-order valence-corrected chi connectivity index (χ1v) is 7.53. The number of carbonyl (C=O) groups excluding carboxylic acids is 1. The van der Waals surface area contributed by atoms with E-state index in [1.54, 1.807) is 0 Å². The average Bonchev–Trinajstić information content (AvgIpc) is 3.10. The third kappa shape index (κ3) is 2.33. The van der Waals surface area contributed by atoms with Crippen LogP contribution in [-0.2, 0) is 17.4 Å². The Morgan fingerprint density at radius 3 is 2.57 bits per heavy atom. The molecular formula is C17H14F3NO2. The maximum absolute atomic E-state index is 12.6. The molecule has 2 aliphatic heterocycles. The van der Waals surface area contributed by atoms with Crippen molar-refractivity contribution in [2.24, 2.45) is 0 Å². The van der Waals surface area contributed by atoms with Crippen LogP contribution in [0.3, 0.4) is 0 Å². The summed E-state index contributed by atoms with van der Waals surface area (Å²) in [7, 11) is 0. The molecule has 2 aliphatic rings. The molecule has 2 aromatic rings. The summed E-state index contributed by atoms with van der Waals surface area (Å²) >= 11 is 0. The number of halogens is 3. The molecule has 0 N–H and O–H groups in total. The molecule has 0 bridgehead atoms. The lowest BCUT2D eigenvalue weighted by molar-refractivity contribution is -0.137. The van der Waals surface area contributed by atoms with Crippen molar-refractivity contribution in [3.63, 3.8) is 0 Å². The summed E-state index contributed by atoms with van der Waals surface area (Å²) in [4.78, 5) is 13.7. The van der Waals surface area contributed by atoms with Gasteiger partial charge in [0.1, 0.15) is 11.5 Å². The zero-order valence-corrected chi connectivity index (χ0v) is 12.2. The van der Waals surface area contributed by atoms with E-state index in [0.717, 1.165) is 29.9 Å². The zero-order chi connectivity index (χ0) is 16.2. The van der Waals surface area contributed by atoms with Gasteiger partial charge in [-0.1, -0.05) is 12.1 Å². The summed E-state index contributed by atoms with van der Waals surface area (Å²) in [6.07, 6.45) is -2.37. The van der Waals surface area contributed by atoms with Gasteiger partial charge in [0.2, 0.25) is 5.91 Å². The summed E-state index contributed by atoms with van der Waals surface area (Å²) in [6, 6.07) is 6.88. The number of fused-ring (bicyclic) bond motifs is 3. The number of alkyl halides is 3. The van der Waals surface area contributed by atoms with E-state index < -0.39 is 11.7 Å². The number of hydrogen-bond donors (Lipinski definition) is 0. The fourth-order valence-electron chi connectivity index (χ4n) is 3.45. The van der Waals surface area contributed by atoms with Crippen molar-refractivity contribution in [2.75, 3.05) is 6.54 Å². The van der Waals surface area contributed by atoms with Crippen LogP contribution in [0.2, 0.25) is 0 Å². The van der Waals surface area contributed by atoms with E-state index in [1.165, 1.54) is 12.1 Å². The molecule has 0 spiro atoms. The fourth-order valence-corrected chi connectivity index (χ4v) is 3.45. The quantitative estimate of drug-likeness (QED) is 0.789. The van der Waals surface area contributed by atoms with Crippen LogP contribution in [0.5, 0.6) is 0 Å². The second kappa shape index (κ2) is 4.88. The van der Waals surface area contributed by atoms with E-state index in [9.17, 15) is 18.0 Å². The SMILES string of the molecule is O=C1CC[C@@H]2c3cc(-c4ccc(C(F)(F)F)cc4)oc3CCN12. The summed E-state index contributed by atoms with van der Waals surface area (Å²) in [6.45, 7) is 0.649. The van der Waals surface area contributed by atoms with E-state index in [2.05, 4.69) is 0 Å². The van der Waals surface area contributed by atoms with Gasteiger partial charge in [0.05, 0.1) is 11.6 Å². The molecule has 0 unspecified atom stereocenters. The molecule has 1 fully saturated rings. The molecule has 23 heavy (non-hydrogen) atoms. The van der Waals surface area contributed by atoms with Crippen LogP contribution in [-0.4, -0.2) is 17.4 Å². The highest BCUT2D eigenvalue weighted by Gasteiger charge is 2.38. The Kier molecular flexibility index (Phi) is 3.04. The monoisotopic (exact) mass is 321 g/mol. The molecule has 1 aromatic carbocycles. The molecular weight excluding hydrogens is 307 g/mol. The van der Waals surface area contributed by atoms with Gasteiger partial charge in [-0.05, 0) is 24.6 Å². The highest BCUT2D eigenvalue weighted by atomic mass is 19.4. The molecule has 1 aromatic heterocycles. The van der Waals surface area contributed by atoms with Crippen LogP contribution < -0.4 is 0 Å². The summed E-state index contributed by atoms with van der Waals surface area (Å²) in [5.74, 6) is 1.57. The molecule has 0 radical (unpaired) electrons. The second-order valence-electron chi connectivity index (χ2n) is 5.96. The Balaban J connectivity index is 1.67. The van der Waals surface area contributed by atoms with Crippen molar-refractivity contribution in [3.8, 4) is 11.3 Å². The third-order valence-electron chi connectivity index (χ3n) is 4.61. The molecule has 0 saturated carbocycles. The highest BCUT2D eigenvalue weighted by Crippen LogP contribution is 2.41. The van der Waals surface area contributed by atoms with Crippen LogP contribution in [0, 0.1) is 0 Å². The molecule has 3 heterocycles. The Labute approximate surface area is 130 Å². The summed E-state index contributed by atoms with van der Waals surface area (Å²) < 4.78 is 43.7. The molecule has 4 rings (SSSR count). The number of hydrogen-bond acceptors (Lipinski definition) is 2. The smallest absolute Gasteiger partial charge is 0.416 e. The van der Waals surface area contributed by atoms with E-state index in [1.807, 2.05) is 11.0 Å². The standard InChI is InChI=1S/C17H14F3NO2/c18-17(19,20)11-3-1-10(2-4-11)15-9-12-13-5-6-16(22)21(13)8-7-14(12)23-15/h1-4,9,13H,5-8H2/t13-/m1/s1. The predicted molar refractivity (Wildman–Crippen MR) is 76.5 cm³/mol. The first-order valence-electron chi connectivity index (χ1n) is 7.53. The Morgan fingerprint density at radius 1 is 1.13 bits per heavy atom. The van der Waals surface area contributed by atoms with Crippen LogP contribution in [0.15, 0.2) is 34.7 Å². The van der Waals surface area contributed by atoms with E-state index in [-0.39, 0.29) is 11.9 Å². The number of nitrogens with zero attached hydrogens (tertiary/aromatic N) is 1. The molecule has 1 saturated heterocycles. The molecule has 120 valence electrons. The minimum Gasteiger partial charge on any atom is -0.461 e. The maximum atomic E-state index is 12.6. The number of rotatable bonds is 1. The third-order valence-corrected chi connectivity index (χ3v) is 4.61. The Morgan fingerprint density at radius 2 is 1.87 bits per heavy atom. The van der Waals surface area contributed by atoms with Crippen LogP contribution in [0.4, 0.5) is 13.2 Å². The Hall–Kier alpha value is -2.24. The lowest BCUT2D eigenvalue weighted by atomic mass is 9.99. The van der Waals surface area contributed by atoms with Crippen LogP contribution >= 0.6 is 0 Å². The topological polar surface area (TPSA) is 33.5 Å². The predicted octanol–water partition coefficient (Wildman–Crippen LogP) is 4.19. The van der Waals surface area contributed by atoms with E-state index >= 15 is 0 Å². The minimum atomic E-state index is -4.34. The zero-order valence-electron chi connectivity index (χ0n) is 12.2. The Bertz CT molecular complexity index is 761. The maximum Gasteiger partial charge on any atom is 0.416 e. The largest absolute Gasteiger partial charge is 0.461 e. The van der Waals surface area contributed by atoms with Gasteiger partial charge in [-0.2, -0.15) is 13.2 Å². The van der Waals surface area contributed by atoms with Crippen molar-refractivity contribution in [1.29, 1.82) is 0 Å². The molecule has 0 aliphatic carbocycles. The molecule has 1 amide bonds. The summed E-state index contributed by atoms with van der Waals surface area (Å²) in [5.41, 5.74) is 0.936. The van der Waals surface area contributed by atoms with Crippen molar-refractivity contribution in [2.45, 2.75) is 31.5 Å². The van der Waals surface area contributed by atoms with Gasteiger partial charge in [-0.15, -0.1) is 0 Å². The number of furan rings is 1. The number of amides is 1. The van der Waals surface area contributed by atoms with E-state index in [4.69, 9.17) is 4.42 Å². The first kappa shape index (κ1) is 14.4. The number of benzene rings is 1. The molecule has 1 atom stereocenters. The normalized spacial score (nSPS) is 20.6. The first-order chi connectivity index (χ1) is 10.9. The van der Waals surface area contributed by atoms with Gasteiger partial charge in [0, 0.05) is 30.5 Å². The van der Waals surface area contributed by atoms with Crippen molar-refractivity contribution >= 4 is 5.91 Å². The fraction of sp³-hybridized carbons (Fsp3) is 0.353. The van der Waals surface area contributed by atoms with Gasteiger partial charge in [-0.25, -0.2) is 0 Å². The van der Waals surface area contributed by atoms with Crippen molar-refractivity contribution in [1.82, 2.24) is 4.90 Å².